The van der Waals surface area contributed by atoms with Crippen molar-refractivity contribution < 1.29 is 33.5 Å². The minimum Gasteiger partial charge on any atom is -0.534 e. The molecule has 1 aliphatic heterocycles. The van der Waals surface area contributed by atoms with Gasteiger partial charge >= 0.3 is 19.1 Å². The van der Waals surface area contributed by atoms with Crippen molar-refractivity contribution >= 4 is 25.0 Å². The molecule has 0 spiro atoms. The predicted molar refractivity (Wildman–Crippen MR) is 108 cm³/mol. The number of nitriles is 1. The minimum absolute atomic E-state index is 0.0263. The van der Waals surface area contributed by atoms with Crippen molar-refractivity contribution in [1.29, 1.82) is 5.26 Å². The van der Waals surface area contributed by atoms with Crippen molar-refractivity contribution in [1.82, 2.24) is 5.32 Å². The molecule has 1 amide bonds. The quantitative estimate of drug-likeness (QED) is 0.381. The van der Waals surface area contributed by atoms with Gasteiger partial charge in [-0.15, -0.1) is 0 Å². The number of esters is 2. The van der Waals surface area contributed by atoms with Crippen molar-refractivity contribution in [2.24, 2.45) is 5.92 Å². The average Bonchev–Trinajstić information content (AvgIpc) is 2.78. The Hall–Kier alpha value is -3.06. The van der Waals surface area contributed by atoms with Crippen LogP contribution >= 0.6 is 0 Å². The van der Waals surface area contributed by atoms with Crippen molar-refractivity contribution in [3.05, 3.63) is 29.3 Å². The lowest BCUT2D eigenvalue weighted by atomic mass is 9.72. The van der Waals surface area contributed by atoms with E-state index in [1.165, 1.54) is 6.07 Å². The maximum Gasteiger partial charge on any atom is 0.547 e. The number of hydrogen-bond acceptors (Lipinski definition) is 8. The van der Waals surface area contributed by atoms with Gasteiger partial charge in [-0.05, 0) is 30.9 Å². The molecule has 9 nitrogen and oxygen atoms in total. The van der Waals surface area contributed by atoms with Crippen molar-refractivity contribution in [3.63, 3.8) is 0 Å². The van der Waals surface area contributed by atoms with E-state index in [4.69, 9.17) is 19.4 Å². The molecule has 1 aliphatic carbocycles. The van der Waals surface area contributed by atoms with Gasteiger partial charge in [-0.1, -0.05) is 31.4 Å². The average molecular weight is 428 g/mol. The van der Waals surface area contributed by atoms with E-state index in [-0.39, 0.29) is 48.4 Å². The summed E-state index contributed by atoms with van der Waals surface area (Å²) >= 11 is 0. The van der Waals surface area contributed by atoms with Crippen LogP contribution in [0.5, 0.6) is 5.75 Å². The molecule has 1 heterocycles. The summed E-state index contributed by atoms with van der Waals surface area (Å²) in [5.41, 5.74) is 0.712. The Morgan fingerprint density at radius 2 is 2.00 bits per heavy atom. The van der Waals surface area contributed by atoms with Crippen LogP contribution < -0.4 is 9.97 Å². The van der Waals surface area contributed by atoms with E-state index < -0.39 is 25.8 Å². The molecular formula is C21H25BN2O7. The number of fused-ring (bicyclic) bond motifs is 1. The fraction of sp³-hybridized carbons (Fsp3) is 0.524. The van der Waals surface area contributed by atoms with Gasteiger partial charge in [-0.2, -0.15) is 5.26 Å². The van der Waals surface area contributed by atoms with Crippen molar-refractivity contribution in [3.8, 4) is 11.8 Å². The molecule has 0 bridgehead atoms. The Bertz CT molecular complexity index is 864. The highest BCUT2D eigenvalue weighted by Gasteiger charge is 2.37. The fourth-order valence-electron chi connectivity index (χ4n) is 3.83. The van der Waals surface area contributed by atoms with Gasteiger partial charge in [0.05, 0.1) is 17.9 Å². The fourth-order valence-corrected chi connectivity index (χ4v) is 3.83. The molecule has 1 unspecified atom stereocenters. The molecule has 0 radical (unpaired) electrons. The standard InChI is InChI=1S/C21H25BN2O7/c23-11-5-10-18(25)24-17-12-15-8-4-9-16(19(15)31-22(17)28)21(27)30-13-29-20(26)14-6-2-1-3-7-14/h4,8-9,14,17,28H,1-3,5-7,10,12-13H2,(H,24,25). The highest BCUT2D eigenvalue weighted by atomic mass is 16.7. The number of carbonyl (C=O) groups is 3. The van der Waals surface area contributed by atoms with Crippen LogP contribution in [0.15, 0.2) is 18.2 Å². The summed E-state index contributed by atoms with van der Waals surface area (Å²) in [6.07, 6.45) is 5.04. The van der Waals surface area contributed by atoms with Crippen LogP contribution in [0.2, 0.25) is 0 Å². The van der Waals surface area contributed by atoms with Crippen LogP contribution in [-0.4, -0.2) is 42.7 Å². The second kappa shape index (κ2) is 10.8. The molecule has 1 aromatic carbocycles. The first-order valence-electron chi connectivity index (χ1n) is 10.5. The number of carbonyl (C=O) groups excluding carboxylic acids is 3. The van der Waals surface area contributed by atoms with Gasteiger partial charge in [0.25, 0.3) is 0 Å². The topological polar surface area (TPSA) is 135 Å². The first-order chi connectivity index (χ1) is 15.0. The number of benzene rings is 1. The molecule has 0 saturated heterocycles. The van der Waals surface area contributed by atoms with E-state index >= 15 is 0 Å². The summed E-state index contributed by atoms with van der Waals surface area (Å²) in [6.45, 7) is -0.488. The molecule has 164 valence electrons. The maximum absolute atomic E-state index is 12.5. The summed E-state index contributed by atoms with van der Waals surface area (Å²) in [7, 11) is -1.36. The SMILES string of the molecule is N#CCCC(=O)NC1Cc2cccc(C(=O)OCOC(=O)C3CCCCC3)c2OB1O. The third-order valence-corrected chi connectivity index (χ3v) is 5.48. The van der Waals surface area contributed by atoms with E-state index in [9.17, 15) is 19.4 Å². The predicted octanol–water partition coefficient (Wildman–Crippen LogP) is 1.67. The molecule has 3 rings (SSSR count). The number of nitrogens with zero attached hydrogens (tertiary/aromatic N) is 1. The Kier molecular flexibility index (Phi) is 7.90. The van der Waals surface area contributed by atoms with Crippen LogP contribution in [0.4, 0.5) is 0 Å². The Balaban J connectivity index is 1.57. The zero-order valence-electron chi connectivity index (χ0n) is 17.2. The molecular weight excluding hydrogens is 403 g/mol. The molecule has 1 atom stereocenters. The maximum atomic E-state index is 12.5. The summed E-state index contributed by atoms with van der Waals surface area (Å²) < 4.78 is 15.7. The Labute approximate surface area is 180 Å². The Morgan fingerprint density at radius 3 is 2.74 bits per heavy atom. The number of para-hydroxylation sites is 1. The van der Waals surface area contributed by atoms with Crippen LogP contribution in [0.3, 0.4) is 0 Å². The van der Waals surface area contributed by atoms with Gasteiger partial charge in [0, 0.05) is 12.8 Å². The second-order valence-electron chi connectivity index (χ2n) is 7.69. The first kappa shape index (κ1) is 22.6. The number of amides is 1. The number of hydrogen-bond donors (Lipinski definition) is 2. The summed E-state index contributed by atoms with van der Waals surface area (Å²) in [5, 5.41) is 21.5. The van der Waals surface area contributed by atoms with Gasteiger partial charge in [0.15, 0.2) is 0 Å². The summed E-state index contributed by atoms with van der Waals surface area (Å²) in [4.78, 5) is 36.4. The van der Waals surface area contributed by atoms with Crippen LogP contribution in [0.25, 0.3) is 0 Å². The number of ether oxygens (including phenoxy) is 2. The van der Waals surface area contributed by atoms with Crippen molar-refractivity contribution in [2.75, 3.05) is 6.79 Å². The second-order valence-corrected chi connectivity index (χ2v) is 7.69. The van der Waals surface area contributed by atoms with Gasteiger partial charge in [-0.25, -0.2) is 4.79 Å². The molecule has 2 N–H and O–H groups in total. The molecule has 0 aromatic heterocycles. The van der Waals surface area contributed by atoms with Crippen LogP contribution in [0, 0.1) is 17.2 Å². The normalized spacial score (nSPS) is 18.2. The summed E-state index contributed by atoms with van der Waals surface area (Å²) in [6, 6.07) is 6.73. The number of nitrogens with one attached hydrogen (secondary N) is 1. The highest BCUT2D eigenvalue weighted by Crippen LogP contribution is 2.31. The minimum atomic E-state index is -1.36. The molecule has 10 heteroatoms. The van der Waals surface area contributed by atoms with Gasteiger partial charge in [0.1, 0.15) is 11.3 Å². The Morgan fingerprint density at radius 1 is 1.23 bits per heavy atom. The van der Waals surface area contributed by atoms with Crippen LogP contribution in [0.1, 0.15) is 60.9 Å². The lowest BCUT2D eigenvalue weighted by Crippen LogP contribution is -2.53. The molecule has 1 aromatic rings. The van der Waals surface area contributed by atoms with Gasteiger partial charge < -0.3 is 24.5 Å². The van der Waals surface area contributed by atoms with Gasteiger partial charge in [0.2, 0.25) is 12.7 Å². The van der Waals surface area contributed by atoms with E-state index in [0.717, 1.165) is 32.1 Å². The molecule has 1 fully saturated rings. The zero-order valence-corrected chi connectivity index (χ0v) is 17.2. The lowest BCUT2D eigenvalue weighted by molar-refractivity contribution is -0.158. The molecule has 31 heavy (non-hydrogen) atoms. The number of rotatable bonds is 7. The third-order valence-electron chi connectivity index (χ3n) is 5.48. The monoisotopic (exact) mass is 428 g/mol. The van der Waals surface area contributed by atoms with E-state index in [2.05, 4.69) is 5.32 Å². The first-order valence-corrected chi connectivity index (χ1v) is 10.5. The van der Waals surface area contributed by atoms with E-state index in [1.807, 2.05) is 6.07 Å². The lowest BCUT2D eigenvalue weighted by Gasteiger charge is -2.29. The van der Waals surface area contributed by atoms with E-state index in [0.29, 0.717) is 5.56 Å². The summed E-state index contributed by atoms with van der Waals surface area (Å²) in [5.74, 6) is -2.15. The van der Waals surface area contributed by atoms with Crippen molar-refractivity contribution in [2.45, 2.75) is 57.3 Å². The van der Waals surface area contributed by atoms with Crippen LogP contribution in [-0.2, 0) is 25.5 Å². The largest absolute Gasteiger partial charge is 0.547 e. The smallest absolute Gasteiger partial charge is 0.534 e. The zero-order chi connectivity index (χ0) is 22.2. The highest BCUT2D eigenvalue weighted by molar-refractivity contribution is 6.47. The third kappa shape index (κ3) is 5.98. The van der Waals surface area contributed by atoms with E-state index in [1.54, 1.807) is 12.1 Å². The molecule has 2 aliphatic rings. The van der Waals surface area contributed by atoms with Gasteiger partial charge in [-0.3, -0.25) is 9.59 Å². The molecule has 1 saturated carbocycles.